The number of hydrogen-bond acceptors (Lipinski definition) is 7. The van der Waals surface area contributed by atoms with E-state index in [1.165, 1.54) is 38.3 Å². The molecule has 3 aromatic rings. The molecule has 2 amide bonds. The highest BCUT2D eigenvalue weighted by Gasteiger charge is 2.39. The third kappa shape index (κ3) is 4.92. The maximum absolute atomic E-state index is 12.9. The van der Waals surface area contributed by atoms with Crippen LogP contribution in [-0.4, -0.2) is 30.7 Å². The van der Waals surface area contributed by atoms with Crippen LogP contribution in [0.5, 0.6) is 11.5 Å². The van der Waals surface area contributed by atoms with Gasteiger partial charge in [-0.05, 0) is 79.7 Å². The van der Waals surface area contributed by atoms with Crippen molar-refractivity contribution in [3.8, 4) is 11.5 Å². The quantitative estimate of drug-likeness (QED) is 0.224. The minimum absolute atomic E-state index is 0.0756. The molecule has 1 aliphatic rings. The van der Waals surface area contributed by atoms with Gasteiger partial charge in [-0.2, -0.15) is 0 Å². The molecule has 0 aliphatic carbocycles. The fourth-order valence-corrected chi connectivity index (χ4v) is 3.55. The highest BCUT2D eigenvalue weighted by atomic mass is 35.5. The molecule has 8 nitrogen and oxygen atoms in total. The average molecular weight is 491 g/mol. The van der Waals surface area contributed by atoms with Crippen LogP contribution in [0.25, 0.3) is 0 Å². The molecular weight excluding hydrogens is 472 g/mol. The maximum Gasteiger partial charge on any atom is 0.343 e. The van der Waals surface area contributed by atoms with Gasteiger partial charge in [0.1, 0.15) is 22.2 Å². The summed E-state index contributed by atoms with van der Waals surface area (Å²) in [5.41, 5.74) is 1.50. The predicted molar refractivity (Wildman–Crippen MR) is 130 cm³/mol. The molecule has 0 radical (unpaired) electrons. The Labute approximate surface area is 205 Å². The first-order valence-corrected chi connectivity index (χ1v) is 10.8. The van der Waals surface area contributed by atoms with E-state index in [0.717, 1.165) is 4.90 Å². The number of ether oxygens (including phenoxy) is 2. The van der Waals surface area contributed by atoms with E-state index in [1.807, 2.05) is 0 Å². The number of methoxy groups -OCH3 is 1. The number of Topliss-reactive ketones (excluding diaryl/α,β-unsaturated/α-hetero) is 1. The van der Waals surface area contributed by atoms with Gasteiger partial charge in [-0.3, -0.25) is 14.4 Å². The largest absolute Gasteiger partial charge is 0.497 e. The Balaban J connectivity index is 1.44. The standard InChI is InChI=1S/C26H19ClN2O6/c1-15(30)16-5-11-21(12-6-16)35-26(33)17-3-7-18(8-4-17)28-23-22(27)24(31)29(25(23)32)19-9-13-20(34-2)14-10-19/h3-14,28H,1-2H3. The van der Waals surface area contributed by atoms with Crippen molar-refractivity contribution in [1.29, 1.82) is 0 Å². The van der Waals surface area contributed by atoms with Crippen LogP contribution >= 0.6 is 11.6 Å². The Bertz CT molecular complexity index is 1350. The third-order valence-electron chi connectivity index (χ3n) is 5.22. The molecule has 1 heterocycles. The van der Waals surface area contributed by atoms with Crippen LogP contribution in [0, 0.1) is 0 Å². The van der Waals surface area contributed by atoms with E-state index in [4.69, 9.17) is 21.1 Å². The van der Waals surface area contributed by atoms with Crippen molar-refractivity contribution < 1.29 is 28.7 Å². The van der Waals surface area contributed by atoms with Gasteiger partial charge in [0.2, 0.25) is 0 Å². The Morgan fingerprint density at radius 3 is 1.94 bits per heavy atom. The van der Waals surface area contributed by atoms with Gasteiger partial charge in [-0.1, -0.05) is 11.6 Å². The first-order valence-electron chi connectivity index (χ1n) is 10.4. The molecule has 35 heavy (non-hydrogen) atoms. The molecule has 0 bridgehead atoms. The number of esters is 1. The molecule has 0 atom stereocenters. The topological polar surface area (TPSA) is 102 Å². The SMILES string of the molecule is COc1ccc(N2C(=O)C(Cl)=C(Nc3ccc(C(=O)Oc4ccc(C(C)=O)cc4)cc3)C2=O)cc1. The number of amides is 2. The van der Waals surface area contributed by atoms with Crippen LogP contribution < -0.4 is 19.7 Å². The predicted octanol–water partition coefficient (Wildman–Crippen LogP) is 4.55. The Morgan fingerprint density at radius 2 is 1.37 bits per heavy atom. The number of anilines is 2. The molecule has 176 valence electrons. The lowest BCUT2D eigenvalue weighted by atomic mass is 10.1. The van der Waals surface area contributed by atoms with Crippen molar-refractivity contribution in [1.82, 2.24) is 0 Å². The first kappa shape index (κ1) is 23.7. The van der Waals surface area contributed by atoms with E-state index in [-0.39, 0.29) is 22.1 Å². The highest BCUT2D eigenvalue weighted by Crippen LogP contribution is 2.31. The molecule has 0 fully saturated rings. The number of ketones is 1. The van der Waals surface area contributed by atoms with Gasteiger partial charge in [-0.25, -0.2) is 9.69 Å². The van der Waals surface area contributed by atoms with Crippen molar-refractivity contribution in [3.05, 3.63) is 94.7 Å². The molecule has 1 N–H and O–H groups in total. The second kappa shape index (κ2) is 9.82. The fourth-order valence-electron chi connectivity index (χ4n) is 3.33. The van der Waals surface area contributed by atoms with Crippen LogP contribution in [0.3, 0.4) is 0 Å². The van der Waals surface area contributed by atoms with Gasteiger partial charge in [0.25, 0.3) is 11.8 Å². The fraction of sp³-hybridized carbons (Fsp3) is 0.0769. The number of imide groups is 1. The van der Waals surface area contributed by atoms with Gasteiger partial charge in [0.15, 0.2) is 5.78 Å². The number of carbonyl (C=O) groups excluding carboxylic acids is 4. The summed E-state index contributed by atoms with van der Waals surface area (Å²) in [6.45, 7) is 1.45. The van der Waals surface area contributed by atoms with Crippen LogP contribution in [0.1, 0.15) is 27.6 Å². The van der Waals surface area contributed by atoms with Crippen molar-refractivity contribution in [2.45, 2.75) is 6.92 Å². The third-order valence-corrected chi connectivity index (χ3v) is 5.57. The van der Waals surface area contributed by atoms with Crippen molar-refractivity contribution in [2.75, 3.05) is 17.3 Å². The summed E-state index contributed by atoms with van der Waals surface area (Å²) in [4.78, 5) is 50.3. The van der Waals surface area contributed by atoms with Crippen LogP contribution in [0.15, 0.2) is 83.5 Å². The molecule has 3 aromatic carbocycles. The Kier molecular flexibility index (Phi) is 6.66. The van der Waals surface area contributed by atoms with Crippen molar-refractivity contribution in [3.63, 3.8) is 0 Å². The van der Waals surface area contributed by atoms with E-state index in [2.05, 4.69) is 5.32 Å². The van der Waals surface area contributed by atoms with Crippen LogP contribution in [0.2, 0.25) is 0 Å². The number of nitrogens with one attached hydrogen (secondary N) is 1. The molecule has 0 saturated carbocycles. The van der Waals surface area contributed by atoms with E-state index in [9.17, 15) is 19.2 Å². The van der Waals surface area contributed by atoms with Gasteiger partial charge < -0.3 is 14.8 Å². The van der Waals surface area contributed by atoms with Gasteiger partial charge in [0.05, 0.1) is 18.4 Å². The molecule has 0 spiro atoms. The van der Waals surface area contributed by atoms with Crippen LogP contribution in [0.4, 0.5) is 11.4 Å². The van der Waals surface area contributed by atoms with Gasteiger partial charge in [0, 0.05) is 11.3 Å². The monoisotopic (exact) mass is 490 g/mol. The second-order valence-corrected chi connectivity index (χ2v) is 7.88. The summed E-state index contributed by atoms with van der Waals surface area (Å²) in [6, 6.07) is 18.8. The van der Waals surface area contributed by atoms with Gasteiger partial charge >= 0.3 is 5.97 Å². The van der Waals surface area contributed by atoms with Crippen molar-refractivity contribution >= 4 is 46.5 Å². The maximum atomic E-state index is 12.9. The number of nitrogens with zero attached hydrogens (tertiary/aromatic N) is 1. The minimum Gasteiger partial charge on any atom is -0.497 e. The number of rotatable bonds is 7. The first-order chi connectivity index (χ1) is 16.8. The summed E-state index contributed by atoms with van der Waals surface area (Å²) in [5, 5.41) is 2.61. The van der Waals surface area contributed by atoms with Crippen molar-refractivity contribution in [2.24, 2.45) is 0 Å². The van der Waals surface area contributed by atoms with Crippen LogP contribution in [-0.2, 0) is 9.59 Å². The lowest BCUT2D eigenvalue weighted by molar-refractivity contribution is -0.120. The summed E-state index contributed by atoms with van der Waals surface area (Å²) in [7, 11) is 1.51. The molecule has 0 unspecified atom stereocenters. The smallest absolute Gasteiger partial charge is 0.343 e. The second-order valence-electron chi connectivity index (χ2n) is 7.51. The molecule has 4 rings (SSSR count). The zero-order chi connectivity index (χ0) is 25.1. The van der Waals surface area contributed by atoms with E-state index >= 15 is 0 Å². The zero-order valence-corrected chi connectivity index (χ0v) is 19.5. The summed E-state index contributed by atoms with van der Waals surface area (Å²) >= 11 is 6.16. The molecule has 1 aliphatic heterocycles. The molecular formula is C26H19ClN2O6. The highest BCUT2D eigenvalue weighted by molar-refractivity contribution is 6.53. The summed E-state index contributed by atoms with van der Waals surface area (Å²) < 4.78 is 10.4. The van der Waals surface area contributed by atoms with E-state index < -0.39 is 17.8 Å². The zero-order valence-electron chi connectivity index (χ0n) is 18.7. The Morgan fingerprint density at radius 1 is 0.800 bits per heavy atom. The molecule has 9 heteroatoms. The normalized spacial score (nSPS) is 13.2. The average Bonchev–Trinajstić information content (AvgIpc) is 3.07. The lowest BCUT2D eigenvalue weighted by Gasteiger charge is -2.15. The number of benzene rings is 3. The van der Waals surface area contributed by atoms with E-state index in [1.54, 1.807) is 48.5 Å². The number of hydrogen-bond donors (Lipinski definition) is 1. The molecule has 0 saturated heterocycles. The summed E-state index contributed by atoms with van der Waals surface area (Å²) in [5.74, 6) is -1.06. The lowest BCUT2D eigenvalue weighted by Crippen LogP contribution is -2.32. The molecule has 0 aromatic heterocycles. The number of halogens is 1. The van der Waals surface area contributed by atoms with E-state index in [0.29, 0.717) is 28.4 Å². The Hall–Kier alpha value is -4.43. The number of carbonyl (C=O) groups is 4. The van der Waals surface area contributed by atoms with Gasteiger partial charge in [-0.15, -0.1) is 0 Å². The minimum atomic E-state index is -0.652. The summed E-state index contributed by atoms with van der Waals surface area (Å²) in [6.07, 6.45) is 0.